The lowest BCUT2D eigenvalue weighted by atomic mass is 9.95. The van der Waals surface area contributed by atoms with E-state index in [1.807, 2.05) is 27.7 Å². The Morgan fingerprint density at radius 3 is 2.44 bits per heavy atom. The fourth-order valence-corrected chi connectivity index (χ4v) is 4.90. The second-order valence-corrected chi connectivity index (χ2v) is 8.68. The highest BCUT2D eigenvalue weighted by Gasteiger charge is 2.31. The van der Waals surface area contributed by atoms with Crippen LogP contribution in [-0.4, -0.2) is 52.6 Å². The third-order valence-corrected chi connectivity index (χ3v) is 6.71. The number of carbonyl (C=O) groups is 1. The molecular formula is C23H33N5O4. The summed E-state index contributed by atoms with van der Waals surface area (Å²) in [5.41, 5.74) is 0.932. The number of piperidine rings is 1. The Morgan fingerprint density at radius 1 is 1.09 bits per heavy atom. The van der Waals surface area contributed by atoms with Crippen LogP contribution in [-0.2, 0) is 13.6 Å². The first-order valence-corrected chi connectivity index (χ1v) is 11.4. The number of likely N-dealkylation sites (tertiary alicyclic amines) is 1. The monoisotopic (exact) mass is 443 g/mol. The molecule has 4 rings (SSSR count). The Kier molecular flexibility index (Phi) is 6.72. The fourth-order valence-electron chi connectivity index (χ4n) is 4.90. The molecule has 2 aliphatic rings. The highest BCUT2D eigenvalue weighted by atomic mass is 16.5. The number of ether oxygens (including phenoxy) is 2. The number of aryl methyl sites for hydroxylation is 1. The van der Waals surface area contributed by atoms with Gasteiger partial charge in [0, 0.05) is 38.6 Å². The Bertz CT molecular complexity index is 1000. The standard InChI is InChI=1S/C23H33N5O4/c1-26-23(30)28(18-6-4-5-7-18)21(25-26)17-10-12-27(13-11-17)22(29)24-15-16-8-9-19(31-2)20(14-16)32-3/h8-9,14,17-18H,4-7,10-13,15H2,1-3H3,(H,24,29). The van der Waals surface area contributed by atoms with Crippen molar-refractivity contribution in [1.82, 2.24) is 24.6 Å². The maximum atomic E-state index is 12.7. The summed E-state index contributed by atoms with van der Waals surface area (Å²) in [4.78, 5) is 27.2. The lowest BCUT2D eigenvalue weighted by Crippen LogP contribution is -2.44. The normalized spacial score (nSPS) is 17.5. The van der Waals surface area contributed by atoms with Crippen molar-refractivity contribution in [3.05, 3.63) is 40.1 Å². The van der Waals surface area contributed by atoms with Gasteiger partial charge in [-0.2, -0.15) is 5.10 Å². The summed E-state index contributed by atoms with van der Waals surface area (Å²) >= 11 is 0. The van der Waals surface area contributed by atoms with Gasteiger partial charge in [-0.25, -0.2) is 14.3 Å². The first kappa shape index (κ1) is 22.2. The van der Waals surface area contributed by atoms with E-state index >= 15 is 0 Å². The number of hydrogen-bond acceptors (Lipinski definition) is 5. The molecule has 1 aromatic heterocycles. The number of aromatic nitrogens is 3. The first-order chi connectivity index (χ1) is 15.5. The number of amides is 2. The van der Waals surface area contributed by atoms with Gasteiger partial charge >= 0.3 is 11.7 Å². The summed E-state index contributed by atoms with van der Waals surface area (Å²) in [7, 11) is 4.92. The Morgan fingerprint density at radius 2 is 1.78 bits per heavy atom. The number of urea groups is 1. The molecule has 0 radical (unpaired) electrons. The van der Waals surface area contributed by atoms with Gasteiger partial charge in [-0.05, 0) is 43.4 Å². The second kappa shape index (κ2) is 9.67. The molecule has 0 unspecified atom stereocenters. The van der Waals surface area contributed by atoms with Crippen molar-refractivity contribution < 1.29 is 14.3 Å². The van der Waals surface area contributed by atoms with Gasteiger partial charge in [-0.15, -0.1) is 0 Å². The quantitative estimate of drug-likeness (QED) is 0.741. The third-order valence-electron chi connectivity index (χ3n) is 6.71. The van der Waals surface area contributed by atoms with E-state index in [0.717, 1.165) is 37.1 Å². The molecule has 174 valence electrons. The van der Waals surface area contributed by atoms with E-state index in [-0.39, 0.29) is 23.7 Å². The first-order valence-electron chi connectivity index (χ1n) is 11.4. The van der Waals surface area contributed by atoms with Crippen LogP contribution in [0.3, 0.4) is 0 Å². The topological polar surface area (TPSA) is 90.6 Å². The van der Waals surface area contributed by atoms with E-state index in [2.05, 4.69) is 10.4 Å². The Balaban J connectivity index is 1.35. The fraction of sp³-hybridized carbons (Fsp3) is 0.609. The molecule has 1 aliphatic carbocycles. The zero-order valence-electron chi connectivity index (χ0n) is 19.2. The second-order valence-electron chi connectivity index (χ2n) is 8.68. The van der Waals surface area contributed by atoms with Crippen LogP contribution in [0.4, 0.5) is 4.79 Å². The Labute approximate surface area is 188 Å². The molecule has 2 heterocycles. The highest BCUT2D eigenvalue weighted by Crippen LogP contribution is 2.33. The summed E-state index contributed by atoms with van der Waals surface area (Å²) in [5, 5.41) is 7.58. The van der Waals surface area contributed by atoms with E-state index in [9.17, 15) is 9.59 Å². The molecule has 0 spiro atoms. The molecule has 1 saturated heterocycles. The van der Waals surface area contributed by atoms with E-state index in [4.69, 9.17) is 9.47 Å². The van der Waals surface area contributed by atoms with Crippen molar-refractivity contribution in [2.24, 2.45) is 7.05 Å². The minimum absolute atomic E-state index is 0.0120. The zero-order chi connectivity index (χ0) is 22.7. The van der Waals surface area contributed by atoms with Gasteiger partial charge in [-0.3, -0.25) is 4.57 Å². The van der Waals surface area contributed by atoms with Crippen LogP contribution in [0.25, 0.3) is 0 Å². The number of nitrogens with zero attached hydrogens (tertiary/aromatic N) is 4. The predicted molar refractivity (Wildman–Crippen MR) is 120 cm³/mol. The number of methoxy groups -OCH3 is 2. The van der Waals surface area contributed by atoms with Crippen molar-refractivity contribution in [3.8, 4) is 11.5 Å². The molecule has 1 aliphatic heterocycles. The molecular weight excluding hydrogens is 410 g/mol. The maximum Gasteiger partial charge on any atom is 0.345 e. The average molecular weight is 444 g/mol. The van der Waals surface area contributed by atoms with Gasteiger partial charge in [0.05, 0.1) is 14.2 Å². The van der Waals surface area contributed by atoms with Gasteiger partial charge in [0.25, 0.3) is 0 Å². The van der Waals surface area contributed by atoms with Crippen LogP contribution in [0.5, 0.6) is 11.5 Å². The van der Waals surface area contributed by atoms with Crippen molar-refractivity contribution in [3.63, 3.8) is 0 Å². The smallest absolute Gasteiger partial charge is 0.345 e. The molecule has 9 nitrogen and oxygen atoms in total. The summed E-state index contributed by atoms with van der Waals surface area (Å²) in [6.07, 6.45) is 6.07. The van der Waals surface area contributed by atoms with Crippen LogP contribution in [0.1, 0.15) is 61.9 Å². The van der Waals surface area contributed by atoms with Crippen molar-refractivity contribution in [1.29, 1.82) is 0 Å². The summed E-state index contributed by atoms with van der Waals surface area (Å²) in [6.45, 7) is 1.72. The number of carbonyl (C=O) groups excluding carboxylic acids is 1. The van der Waals surface area contributed by atoms with Crippen LogP contribution >= 0.6 is 0 Å². The zero-order valence-corrected chi connectivity index (χ0v) is 19.2. The van der Waals surface area contributed by atoms with Gasteiger partial charge < -0.3 is 19.7 Å². The van der Waals surface area contributed by atoms with Gasteiger partial charge in [0.2, 0.25) is 0 Å². The Hall–Kier alpha value is -2.97. The van der Waals surface area contributed by atoms with Crippen molar-refractivity contribution >= 4 is 6.03 Å². The highest BCUT2D eigenvalue weighted by molar-refractivity contribution is 5.74. The molecule has 0 bridgehead atoms. The van der Waals surface area contributed by atoms with Crippen LogP contribution in [0.15, 0.2) is 23.0 Å². The van der Waals surface area contributed by atoms with Crippen LogP contribution < -0.4 is 20.5 Å². The molecule has 0 atom stereocenters. The molecule has 1 aromatic carbocycles. The molecule has 2 amide bonds. The van der Waals surface area contributed by atoms with E-state index in [0.29, 0.717) is 31.1 Å². The maximum absolute atomic E-state index is 12.7. The third kappa shape index (κ3) is 4.47. The molecule has 2 fully saturated rings. The minimum Gasteiger partial charge on any atom is -0.493 e. The summed E-state index contributed by atoms with van der Waals surface area (Å²) < 4.78 is 14.0. The summed E-state index contributed by atoms with van der Waals surface area (Å²) in [5.74, 6) is 2.41. The SMILES string of the molecule is COc1ccc(CNC(=O)N2CCC(c3nn(C)c(=O)n3C3CCCC3)CC2)cc1OC. The van der Waals surface area contributed by atoms with Crippen LogP contribution in [0.2, 0.25) is 0 Å². The van der Waals surface area contributed by atoms with Gasteiger partial charge in [0.1, 0.15) is 5.82 Å². The minimum atomic E-state index is -0.0764. The molecule has 9 heteroatoms. The lowest BCUT2D eigenvalue weighted by molar-refractivity contribution is 0.179. The largest absolute Gasteiger partial charge is 0.493 e. The number of benzene rings is 1. The average Bonchev–Trinajstić information content (AvgIpc) is 3.45. The van der Waals surface area contributed by atoms with E-state index < -0.39 is 0 Å². The van der Waals surface area contributed by atoms with E-state index in [1.54, 1.807) is 21.3 Å². The van der Waals surface area contributed by atoms with Crippen LogP contribution in [0, 0.1) is 0 Å². The summed E-state index contributed by atoms with van der Waals surface area (Å²) in [6, 6.07) is 5.82. The number of rotatable bonds is 6. The molecule has 2 aromatic rings. The predicted octanol–water partition coefficient (Wildman–Crippen LogP) is 2.80. The van der Waals surface area contributed by atoms with Crippen molar-refractivity contribution in [2.75, 3.05) is 27.3 Å². The van der Waals surface area contributed by atoms with E-state index in [1.165, 1.54) is 17.5 Å². The lowest BCUT2D eigenvalue weighted by Gasteiger charge is -2.32. The van der Waals surface area contributed by atoms with Gasteiger partial charge in [0.15, 0.2) is 11.5 Å². The number of nitrogens with one attached hydrogen (secondary N) is 1. The van der Waals surface area contributed by atoms with Gasteiger partial charge in [-0.1, -0.05) is 18.9 Å². The molecule has 32 heavy (non-hydrogen) atoms. The number of hydrogen-bond donors (Lipinski definition) is 1. The van der Waals surface area contributed by atoms with Crippen molar-refractivity contribution in [2.45, 2.75) is 57.0 Å². The molecule has 1 saturated carbocycles. The molecule has 1 N–H and O–H groups in total.